The Kier molecular flexibility index (Phi) is 12.8. The Bertz CT molecular complexity index is 864. The fourth-order valence-corrected chi connectivity index (χ4v) is 3.55. The normalized spacial score (nSPS) is 14.4. The molecule has 0 saturated heterocycles. The van der Waals surface area contributed by atoms with E-state index in [2.05, 4.69) is 25.9 Å². The molecule has 0 saturated carbocycles. The first-order valence-electron chi connectivity index (χ1n) is 11.0. The van der Waals surface area contributed by atoms with E-state index in [1.54, 1.807) is 13.8 Å². The quantitative estimate of drug-likeness (QED) is 0.144. The van der Waals surface area contributed by atoms with Crippen LogP contribution in [0, 0.1) is 5.92 Å². The van der Waals surface area contributed by atoms with Crippen molar-refractivity contribution >= 4 is 41.4 Å². The van der Waals surface area contributed by atoms with Gasteiger partial charge in [0.05, 0.1) is 12.4 Å². The Morgan fingerprint density at radius 2 is 1.69 bits per heavy atom. The second-order valence-electron chi connectivity index (χ2n) is 8.29. The van der Waals surface area contributed by atoms with E-state index in [1.165, 1.54) is 24.3 Å². The number of H-pyrrole nitrogens is 1. The van der Waals surface area contributed by atoms with Crippen LogP contribution in [0.15, 0.2) is 12.5 Å². The van der Waals surface area contributed by atoms with Crippen LogP contribution in [0.2, 0.25) is 0 Å². The summed E-state index contributed by atoms with van der Waals surface area (Å²) >= 11 is 1.50. The van der Waals surface area contributed by atoms with E-state index in [0.717, 1.165) is 0 Å². The lowest BCUT2D eigenvalue weighted by atomic mass is 10.0. The molecule has 35 heavy (non-hydrogen) atoms. The Labute approximate surface area is 207 Å². The molecule has 0 radical (unpaired) electrons. The molecule has 0 spiro atoms. The molecule has 1 aromatic rings. The Hall–Kier alpha value is -3.13. The lowest BCUT2D eigenvalue weighted by molar-refractivity contribution is -0.142. The van der Waals surface area contributed by atoms with E-state index in [9.17, 15) is 29.1 Å². The van der Waals surface area contributed by atoms with Crippen molar-refractivity contribution in [3.05, 3.63) is 18.2 Å². The number of aromatic nitrogens is 2. The molecule has 14 heteroatoms. The molecule has 8 N–H and O–H groups in total. The number of aromatic amines is 1. The van der Waals surface area contributed by atoms with Gasteiger partial charge in [0.15, 0.2) is 0 Å². The van der Waals surface area contributed by atoms with Crippen LogP contribution in [0.3, 0.4) is 0 Å². The number of nitrogens with zero attached hydrogens (tertiary/aromatic N) is 1. The minimum atomic E-state index is -1.28. The fourth-order valence-electron chi connectivity index (χ4n) is 3.06. The highest BCUT2D eigenvalue weighted by Crippen LogP contribution is 2.08. The SMILES string of the molecule is CSCCC(N)C(=O)NC(CCC(=O)O)C(=O)NC(C(=O)NC(Cc1cnc[nH]1)C(=O)O)C(C)C. The smallest absolute Gasteiger partial charge is 0.326 e. The van der Waals surface area contributed by atoms with E-state index in [0.29, 0.717) is 17.9 Å². The van der Waals surface area contributed by atoms with Crippen molar-refractivity contribution in [1.29, 1.82) is 0 Å². The van der Waals surface area contributed by atoms with Crippen molar-refractivity contribution in [3.63, 3.8) is 0 Å². The first kappa shape index (κ1) is 29.9. The van der Waals surface area contributed by atoms with E-state index >= 15 is 0 Å². The Balaban J connectivity index is 2.93. The molecule has 0 aliphatic rings. The van der Waals surface area contributed by atoms with Crippen LogP contribution in [0.25, 0.3) is 0 Å². The maximum atomic E-state index is 12.9. The summed E-state index contributed by atoms with van der Waals surface area (Å²) in [5, 5.41) is 25.9. The molecule has 3 amide bonds. The molecule has 0 aliphatic carbocycles. The number of hydrogen-bond donors (Lipinski definition) is 7. The highest BCUT2D eigenvalue weighted by molar-refractivity contribution is 7.98. The van der Waals surface area contributed by atoms with Crippen LogP contribution in [0.1, 0.15) is 38.8 Å². The number of carbonyl (C=O) groups is 5. The van der Waals surface area contributed by atoms with Crippen molar-refractivity contribution < 1.29 is 34.2 Å². The predicted octanol–water partition coefficient (Wildman–Crippen LogP) is -0.908. The zero-order chi connectivity index (χ0) is 26.5. The van der Waals surface area contributed by atoms with Gasteiger partial charge < -0.3 is 36.9 Å². The minimum Gasteiger partial charge on any atom is -0.481 e. The fraction of sp³-hybridized carbons (Fsp3) is 0.619. The van der Waals surface area contributed by atoms with Gasteiger partial charge in [-0.2, -0.15) is 11.8 Å². The van der Waals surface area contributed by atoms with E-state index < -0.39 is 66.2 Å². The molecule has 0 fully saturated rings. The molecule has 4 unspecified atom stereocenters. The van der Waals surface area contributed by atoms with Crippen LogP contribution in [-0.2, 0) is 30.4 Å². The molecule has 196 valence electrons. The number of nitrogens with two attached hydrogens (primary N) is 1. The second kappa shape index (κ2) is 15.0. The molecule has 0 aliphatic heterocycles. The topological polar surface area (TPSA) is 217 Å². The standard InChI is InChI=1S/C21H34N6O7S/c1-11(2)17(20(32)26-15(21(33)34)8-12-9-23-10-24-12)27-19(31)14(4-5-16(28)29)25-18(30)13(22)6-7-35-3/h9-11,13-15,17H,4-8,22H2,1-3H3,(H,23,24)(H,25,30)(H,26,32)(H,27,31)(H,28,29)(H,33,34). The Morgan fingerprint density at radius 1 is 1.03 bits per heavy atom. The summed E-state index contributed by atoms with van der Waals surface area (Å²) in [6.07, 6.45) is 4.37. The summed E-state index contributed by atoms with van der Waals surface area (Å²) in [5.41, 5.74) is 6.34. The van der Waals surface area contributed by atoms with Crippen LogP contribution >= 0.6 is 11.8 Å². The lowest BCUT2D eigenvalue weighted by Gasteiger charge is -2.27. The summed E-state index contributed by atoms with van der Waals surface area (Å²) in [5.74, 6) is -4.37. The summed E-state index contributed by atoms with van der Waals surface area (Å²) in [6.45, 7) is 3.30. The number of carboxylic acid groups (broad SMARTS) is 2. The molecule has 1 rings (SSSR count). The number of nitrogens with one attached hydrogen (secondary N) is 4. The molecule has 0 bridgehead atoms. The molecule has 4 atom stereocenters. The maximum absolute atomic E-state index is 12.9. The van der Waals surface area contributed by atoms with Crippen LogP contribution in [-0.4, -0.2) is 86.0 Å². The number of imidazole rings is 1. The first-order chi connectivity index (χ1) is 16.5. The zero-order valence-corrected chi connectivity index (χ0v) is 20.8. The van der Waals surface area contributed by atoms with Crippen molar-refractivity contribution in [1.82, 2.24) is 25.9 Å². The van der Waals surface area contributed by atoms with Gasteiger partial charge in [-0.05, 0) is 30.8 Å². The number of rotatable bonds is 16. The highest BCUT2D eigenvalue weighted by atomic mass is 32.2. The van der Waals surface area contributed by atoms with E-state index in [4.69, 9.17) is 10.8 Å². The van der Waals surface area contributed by atoms with E-state index in [1.807, 2.05) is 6.26 Å². The van der Waals surface area contributed by atoms with Crippen LogP contribution in [0.4, 0.5) is 0 Å². The third kappa shape index (κ3) is 10.8. The average molecular weight is 515 g/mol. The number of hydrogen-bond acceptors (Lipinski definition) is 8. The molecule has 0 aromatic carbocycles. The lowest BCUT2D eigenvalue weighted by Crippen LogP contribution is -2.58. The van der Waals surface area contributed by atoms with Gasteiger partial charge in [-0.1, -0.05) is 13.8 Å². The largest absolute Gasteiger partial charge is 0.481 e. The van der Waals surface area contributed by atoms with Gasteiger partial charge in [0.2, 0.25) is 17.7 Å². The second-order valence-corrected chi connectivity index (χ2v) is 9.28. The van der Waals surface area contributed by atoms with Gasteiger partial charge in [0, 0.05) is 24.7 Å². The van der Waals surface area contributed by atoms with Crippen molar-refractivity contribution in [2.45, 2.75) is 63.7 Å². The Morgan fingerprint density at radius 3 is 2.20 bits per heavy atom. The number of thioether (sulfide) groups is 1. The maximum Gasteiger partial charge on any atom is 0.326 e. The molecular formula is C21H34N6O7S. The molecular weight excluding hydrogens is 480 g/mol. The summed E-state index contributed by atoms with van der Waals surface area (Å²) in [7, 11) is 0. The number of amides is 3. The van der Waals surface area contributed by atoms with Gasteiger partial charge in [-0.3, -0.25) is 19.2 Å². The zero-order valence-electron chi connectivity index (χ0n) is 19.9. The van der Waals surface area contributed by atoms with Gasteiger partial charge in [-0.25, -0.2) is 9.78 Å². The highest BCUT2D eigenvalue weighted by Gasteiger charge is 2.32. The predicted molar refractivity (Wildman–Crippen MR) is 128 cm³/mol. The van der Waals surface area contributed by atoms with Gasteiger partial charge in [0.25, 0.3) is 0 Å². The molecule has 13 nitrogen and oxygen atoms in total. The van der Waals surface area contributed by atoms with Gasteiger partial charge in [-0.15, -0.1) is 0 Å². The van der Waals surface area contributed by atoms with Crippen molar-refractivity contribution in [3.8, 4) is 0 Å². The van der Waals surface area contributed by atoms with E-state index in [-0.39, 0.29) is 12.8 Å². The van der Waals surface area contributed by atoms with Crippen LogP contribution < -0.4 is 21.7 Å². The summed E-state index contributed by atoms with van der Waals surface area (Å²) in [6, 6.07) is -4.54. The average Bonchev–Trinajstić information content (AvgIpc) is 3.30. The minimum absolute atomic E-state index is 0.0505. The number of carbonyl (C=O) groups excluding carboxylic acids is 3. The summed E-state index contributed by atoms with van der Waals surface area (Å²) in [4.78, 5) is 67.5. The van der Waals surface area contributed by atoms with Crippen LogP contribution in [0.5, 0.6) is 0 Å². The number of carboxylic acids is 2. The van der Waals surface area contributed by atoms with Crippen molar-refractivity contribution in [2.75, 3.05) is 12.0 Å². The van der Waals surface area contributed by atoms with Gasteiger partial charge in [0.1, 0.15) is 18.1 Å². The monoisotopic (exact) mass is 514 g/mol. The third-order valence-corrected chi connectivity index (χ3v) is 5.73. The van der Waals surface area contributed by atoms with Crippen molar-refractivity contribution in [2.24, 2.45) is 11.7 Å². The van der Waals surface area contributed by atoms with Gasteiger partial charge >= 0.3 is 11.9 Å². The molecule has 1 aromatic heterocycles. The summed E-state index contributed by atoms with van der Waals surface area (Å²) < 4.78 is 0. The third-order valence-electron chi connectivity index (χ3n) is 5.09. The molecule has 1 heterocycles. The number of aliphatic carboxylic acids is 2. The first-order valence-corrected chi connectivity index (χ1v) is 12.4.